The Bertz CT molecular complexity index is 703. The quantitative estimate of drug-likeness (QED) is 0.791. The largest absolute Gasteiger partial charge is 0.507 e. The molecule has 0 amide bonds. The van der Waals surface area contributed by atoms with Gasteiger partial charge in [0.15, 0.2) is 0 Å². The van der Waals surface area contributed by atoms with Crippen molar-refractivity contribution in [2.45, 2.75) is 0 Å². The first-order chi connectivity index (χ1) is 8.45. The third-order valence-electron chi connectivity index (χ3n) is 2.36. The van der Waals surface area contributed by atoms with Gasteiger partial charge in [0.25, 0.3) is 0 Å². The number of ether oxygens (including phenoxy) is 1. The van der Waals surface area contributed by atoms with E-state index < -0.39 is 17.4 Å². The van der Waals surface area contributed by atoms with E-state index in [4.69, 9.17) is 9.84 Å². The van der Waals surface area contributed by atoms with Gasteiger partial charge in [-0.2, -0.15) is 0 Å². The fourth-order valence-electron chi connectivity index (χ4n) is 1.55. The topological polar surface area (TPSA) is 97.0 Å². The summed E-state index contributed by atoms with van der Waals surface area (Å²) in [4.78, 5) is 22.6. The number of carbonyl (C=O) groups is 1. The number of benzene rings is 1. The molecule has 0 atom stereocenters. The Labute approximate surface area is 114 Å². The fourth-order valence-corrected chi connectivity index (χ4v) is 2.32. The lowest BCUT2D eigenvalue weighted by Gasteiger charge is -2.07. The second kappa shape index (κ2) is 4.48. The molecule has 0 aliphatic carbocycles. The number of aromatic carboxylic acids is 1. The van der Waals surface area contributed by atoms with Crippen molar-refractivity contribution in [3.05, 3.63) is 31.9 Å². The summed E-state index contributed by atoms with van der Waals surface area (Å²) >= 11 is 1.74. The molecule has 1 aromatic heterocycles. The third-order valence-corrected chi connectivity index (χ3v) is 3.43. The summed E-state index contributed by atoms with van der Waals surface area (Å²) in [5, 5.41) is 18.9. The van der Waals surface area contributed by atoms with E-state index in [1.54, 1.807) is 22.6 Å². The number of fused-ring (bicyclic) bond motifs is 1. The van der Waals surface area contributed by atoms with Gasteiger partial charge >= 0.3 is 11.6 Å². The molecule has 2 rings (SSSR count). The molecule has 6 nitrogen and oxygen atoms in total. The third kappa shape index (κ3) is 1.90. The Hall–Kier alpha value is -1.77. The van der Waals surface area contributed by atoms with Crippen molar-refractivity contribution >= 4 is 39.3 Å². The van der Waals surface area contributed by atoms with Crippen LogP contribution in [0.5, 0.6) is 11.5 Å². The minimum absolute atomic E-state index is 0.0646. The van der Waals surface area contributed by atoms with Crippen molar-refractivity contribution in [1.29, 1.82) is 0 Å². The van der Waals surface area contributed by atoms with Gasteiger partial charge in [0.2, 0.25) is 5.76 Å². The maximum atomic E-state index is 11.6. The van der Waals surface area contributed by atoms with Crippen molar-refractivity contribution in [3.8, 4) is 11.5 Å². The fraction of sp³-hybridized carbons (Fsp3) is 0.0909. The summed E-state index contributed by atoms with van der Waals surface area (Å²) in [6.07, 6.45) is 0. The van der Waals surface area contributed by atoms with Crippen LogP contribution >= 0.6 is 22.6 Å². The highest BCUT2D eigenvalue weighted by molar-refractivity contribution is 14.1. The second-order valence-electron chi connectivity index (χ2n) is 3.41. The van der Waals surface area contributed by atoms with E-state index in [9.17, 15) is 14.7 Å². The van der Waals surface area contributed by atoms with Crippen LogP contribution in [-0.2, 0) is 0 Å². The Morgan fingerprint density at radius 1 is 1.44 bits per heavy atom. The van der Waals surface area contributed by atoms with E-state index in [1.165, 1.54) is 19.2 Å². The molecule has 94 valence electrons. The first-order valence-corrected chi connectivity index (χ1v) is 5.80. The van der Waals surface area contributed by atoms with Crippen LogP contribution in [0.25, 0.3) is 10.8 Å². The van der Waals surface area contributed by atoms with Gasteiger partial charge in [0.05, 0.1) is 10.7 Å². The molecule has 0 radical (unpaired) electrons. The van der Waals surface area contributed by atoms with Crippen LogP contribution in [0, 0.1) is 3.57 Å². The molecule has 0 aliphatic rings. The lowest BCUT2D eigenvalue weighted by atomic mass is 10.1. The summed E-state index contributed by atoms with van der Waals surface area (Å²) < 4.78 is 9.85. The zero-order chi connectivity index (χ0) is 13.4. The molecule has 0 unspecified atom stereocenters. The maximum absolute atomic E-state index is 11.6. The molecule has 2 N–H and O–H groups in total. The molecule has 0 saturated heterocycles. The predicted octanol–water partition coefficient (Wildman–Crippen LogP) is 1.81. The summed E-state index contributed by atoms with van der Waals surface area (Å²) in [6.45, 7) is 0. The lowest BCUT2D eigenvalue weighted by molar-refractivity contribution is 0.0656. The maximum Gasteiger partial charge on any atom is 0.373 e. The highest BCUT2D eigenvalue weighted by Gasteiger charge is 2.20. The van der Waals surface area contributed by atoms with Gasteiger partial charge in [0, 0.05) is 11.5 Å². The minimum Gasteiger partial charge on any atom is -0.507 e. The van der Waals surface area contributed by atoms with E-state index in [0.29, 0.717) is 5.75 Å². The molecule has 0 bridgehead atoms. The van der Waals surface area contributed by atoms with Gasteiger partial charge in [-0.3, -0.25) is 0 Å². The van der Waals surface area contributed by atoms with Gasteiger partial charge in [-0.1, -0.05) is 0 Å². The molecule has 0 spiro atoms. The number of carboxylic acid groups (broad SMARTS) is 1. The molecule has 18 heavy (non-hydrogen) atoms. The molecule has 2 aromatic rings. The highest BCUT2D eigenvalue weighted by Crippen LogP contribution is 2.32. The van der Waals surface area contributed by atoms with Gasteiger partial charge < -0.3 is 19.4 Å². The lowest BCUT2D eigenvalue weighted by Crippen LogP contribution is -2.09. The number of halogens is 1. The van der Waals surface area contributed by atoms with Crippen LogP contribution in [0.2, 0.25) is 0 Å². The van der Waals surface area contributed by atoms with Crippen molar-refractivity contribution < 1.29 is 24.2 Å². The zero-order valence-corrected chi connectivity index (χ0v) is 11.2. The Morgan fingerprint density at radius 3 is 2.67 bits per heavy atom. The smallest absolute Gasteiger partial charge is 0.373 e. The second-order valence-corrected chi connectivity index (χ2v) is 4.49. The van der Waals surface area contributed by atoms with Gasteiger partial charge in [-0.25, -0.2) is 9.59 Å². The standard InChI is InChI=1S/C11H7IO6/c1-17-4-2-5-7(6(13)3-4)11(16)18-9(8(5)12)10(14)15/h2-3,13H,1H3,(H,14,15). The number of hydrogen-bond donors (Lipinski definition) is 2. The molecule has 1 heterocycles. The Balaban J connectivity index is 2.98. The Kier molecular flexibility index (Phi) is 3.16. The normalized spacial score (nSPS) is 10.6. The molecule has 7 heteroatoms. The van der Waals surface area contributed by atoms with Crippen LogP contribution in [-0.4, -0.2) is 23.3 Å². The number of phenolic OH excluding ortho intramolecular Hbond substituents is 1. The summed E-state index contributed by atoms with van der Waals surface area (Å²) in [5.74, 6) is -1.80. The predicted molar refractivity (Wildman–Crippen MR) is 70.4 cm³/mol. The summed E-state index contributed by atoms with van der Waals surface area (Å²) in [5.41, 5.74) is -0.900. The zero-order valence-electron chi connectivity index (χ0n) is 9.06. The van der Waals surface area contributed by atoms with E-state index in [0.717, 1.165) is 0 Å². The van der Waals surface area contributed by atoms with Gasteiger partial charge in [-0.05, 0) is 28.7 Å². The van der Waals surface area contributed by atoms with Crippen LogP contribution in [0.4, 0.5) is 0 Å². The van der Waals surface area contributed by atoms with E-state index in [1.807, 2.05) is 0 Å². The highest BCUT2D eigenvalue weighted by atomic mass is 127. The van der Waals surface area contributed by atoms with Crippen molar-refractivity contribution in [2.75, 3.05) is 7.11 Å². The van der Waals surface area contributed by atoms with Crippen molar-refractivity contribution in [2.24, 2.45) is 0 Å². The average molecular weight is 362 g/mol. The Morgan fingerprint density at radius 2 is 2.11 bits per heavy atom. The van der Waals surface area contributed by atoms with Crippen molar-refractivity contribution in [1.82, 2.24) is 0 Å². The molecule has 0 saturated carbocycles. The monoisotopic (exact) mass is 362 g/mol. The number of carboxylic acids is 1. The number of aromatic hydroxyl groups is 1. The summed E-state index contributed by atoms with van der Waals surface area (Å²) in [6, 6.07) is 2.73. The number of hydrogen-bond acceptors (Lipinski definition) is 5. The van der Waals surface area contributed by atoms with Gasteiger partial charge in [-0.15, -0.1) is 0 Å². The van der Waals surface area contributed by atoms with Gasteiger partial charge in [0.1, 0.15) is 16.9 Å². The SMILES string of the molecule is COc1cc(O)c2c(=O)oc(C(=O)O)c(I)c2c1. The first kappa shape index (κ1) is 12.7. The summed E-state index contributed by atoms with van der Waals surface area (Å²) in [7, 11) is 1.40. The number of phenols is 1. The molecule has 0 aliphatic heterocycles. The van der Waals surface area contributed by atoms with Crippen LogP contribution in [0.1, 0.15) is 10.6 Å². The molecular formula is C11H7IO6. The first-order valence-electron chi connectivity index (χ1n) is 4.72. The van der Waals surface area contributed by atoms with E-state index in [-0.39, 0.29) is 20.1 Å². The average Bonchev–Trinajstić information content (AvgIpc) is 2.32. The van der Waals surface area contributed by atoms with E-state index in [2.05, 4.69) is 4.42 Å². The van der Waals surface area contributed by atoms with Crippen LogP contribution in [0.15, 0.2) is 21.3 Å². The number of methoxy groups -OCH3 is 1. The van der Waals surface area contributed by atoms with E-state index >= 15 is 0 Å². The molecule has 1 aromatic carbocycles. The van der Waals surface area contributed by atoms with Crippen molar-refractivity contribution in [3.63, 3.8) is 0 Å². The van der Waals surface area contributed by atoms with Crippen LogP contribution < -0.4 is 10.4 Å². The van der Waals surface area contributed by atoms with Crippen LogP contribution in [0.3, 0.4) is 0 Å². The molecular weight excluding hydrogens is 355 g/mol. The molecule has 0 fully saturated rings. The number of rotatable bonds is 2. The minimum atomic E-state index is -1.35.